The van der Waals surface area contributed by atoms with Gasteiger partial charge in [0.15, 0.2) is 11.7 Å². The third kappa shape index (κ3) is 7.16. The normalized spacial score (nSPS) is 14.9. The molecule has 9 heteroatoms. The van der Waals surface area contributed by atoms with Crippen LogP contribution in [0.5, 0.6) is 5.75 Å². The van der Waals surface area contributed by atoms with Crippen LogP contribution in [-0.4, -0.2) is 51.4 Å². The van der Waals surface area contributed by atoms with Crippen molar-refractivity contribution in [1.29, 1.82) is 0 Å². The molecule has 7 nitrogen and oxygen atoms in total. The molecule has 1 aromatic carbocycles. The Hall–Kier alpha value is -1.80. The fourth-order valence-corrected chi connectivity index (χ4v) is 3.54. The molecule has 1 fully saturated rings. The Morgan fingerprint density at radius 1 is 1.20 bits per heavy atom. The van der Waals surface area contributed by atoms with E-state index in [9.17, 15) is 4.79 Å². The maximum atomic E-state index is 12.3. The van der Waals surface area contributed by atoms with Crippen molar-refractivity contribution >= 4 is 30.7 Å². The molecule has 2 heterocycles. The maximum Gasteiger partial charge on any atom is 0.220 e. The smallest absolute Gasteiger partial charge is 0.220 e. The van der Waals surface area contributed by atoms with Crippen LogP contribution in [0.25, 0.3) is 11.3 Å². The molecule has 2 N–H and O–H groups in total. The van der Waals surface area contributed by atoms with E-state index in [-0.39, 0.29) is 36.1 Å². The van der Waals surface area contributed by atoms with Gasteiger partial charge in [-0.15, -0.1) is 24.8 Å². The number of halogens is 2. The van der Waals surface area contributed by atoms with Crippen molar-refractivity contribution in [2.24, 2.45) is 5.41 Å². The lowest BCUT2D eigenvalue weighted by Crippen LogP contribution is -2.47. The van der Waals surface area contributed by atoms with Crippen molar-refractivity contribution in [1.82, 2.24) is 15.6 Å². The molecule has 0 saturated carbocycles. The number of nitrogens with one attached hydrogen (secondary N) is 2. The predicted octanol–water partition coefficient (Wildman–Crippen LogP) is 3.26. The molecule has 1 amide bonds. The number of piperidine rings is 1. The average Bonchev–Trinajstić information content (AvgIpc) is 3.21. The number of aromatic nitrogens is 1. The third-order valence-electron chi connectivity index (χ3n) is 5.27. The molecule has 0 bridgehead atoms. The largest absolute Gasteiger partial charge is 0.497 e. The minimum absolute atomic E-state index is 0. The molecule has 168 valence electrons. The Morgan fingerprint density at radius 3 is 2.53 bits per heavy atom. The number of rotatable bonds is 9. The summed E-state index contributed by atoms with van der Waals surface area (Å²) < 4.78 is 16.3. The molecule has 0 aliphatic carbocycles. The van der Waals surface area contributed by atoms with Crippen LogP contribution < -0.4 is 15.4 Å². The topological polar surface area (TPSA) is 85.6 Å². The number of oxazole rings is 1. The van der Waals surface area contributed by atoms with E-state index in [0.29, 0.717) is 37.6 Å². The average molecular weight is 460 g/mol. The van der Waals surface area contributed by atoms with Gasteiger partial charge in [-0.1, -0.05) is 0 Å². The van der Waals surface area contributed by atoms with Gasteiger partial charge in [0.25, 0.3) is 0 Å². The van der Waals surface area contributed by atoms with Gasteiger partial charge in [0, 0.05) is 37.5 Å². The van der Waals surface area contributed by atoms with Gasteiger partial charge in [-0.3, -0.25) is 4.79 Å². The van der Waals surface area contributed by atoms with E-state index in [1.807, 2.05) is 24.3 Å². The zero-order valence-corrected chi connectivity index (χ0v) is 19.1. The number of ether oxygens (including phenoxy) is 2. The first-order valence-corrected chi connectivity index (χ1v) is 9.70. The van der Waals surface area contributed by atoms with Crippen molar-refractivity contribution < 1.29 is 18.7 Å². The van der Waals surface area contributed by atoms with Crippen LogP contribution in [0.4, 0.5) is 0 Å². The summed E-state index contributed by atoms with van der Waals surface area (Å²) in [6.07, 6.45) is 4.53. The summed E-state index contributed by atoms with van der Waals surface area (Å²) in [7, 11) is 3.35. The van der Waals surface area contributed by atoms with Gasteiger partial charge in [-0.05, 0) is 50.2 Å². The minimum atomic E-state index is 0. The molecule has 0 spiro atoms. The number of carbonyl (C=O) groups is 1. The van der Waals surface area contributed by atoms with Gasteiger partial charge in [0.2, 0.25) is 5.91 Å². The van der Waals surface area contributed by atoms with Gasteiger partial charge in [0.05, 0.1) is 19.9 Å². The molecule has 1 aliphatic rings. The highest BCUT2D eigenvalue weighted by Gasteiger charge is 2.32. The number of hydrogen-bond acceptors (Lipinski definition) is 6. The highest BCUT2D eigenvalue weighted by atomic mass is 35.5. The molecule has 1 aliphatic heterocycles. The van der Waals surface area contributed by atoms with Crippen molar-refractivity contribution in [2.45, 2.75) is 25.7 Å². The van der Waals surface area contributed by atoms with Crippen LogP contribution in [0.3, 0.4) is 0 Å². The van der Waals surface area contributed by atoms with E-state index in [1.165, 1.54) is 0 Å². The summed E-state index contributed by atoms with van der Waals surface area (Å²) in [4.78, 5) is 16.6. The summed E-state index contributed by atoms with van der Waals surface area (Å²) in [6.45, 7) is 3.23. The Kier molecular flexibility index (Phi) is 11.2. The van der Waals surface area contributed by atoms with E-state index in [2.05, 4.69) is 15.6 Å². The first-order chi connectivity index (χ1) is 13.6. The summed E-state index contributed by atoms with van der Waals surface area (Å²) in [5, 5.41) is 6.43. The van der Waals surface area contributed by atoms with E-state index in [0.717, 1.165) is 37.2 Å². The quantitative estimate of drug-likeness (QED) is 0.598. The van der Waals surface area contributed by atoms with Crippen LogP contribution in [0, 0.1) is 5.41 Å². The lowest BCUT2D eigenvalue weighted by Gasteiger charge is -2.37. The van der Waals surface area contributed by atoms with Gasteiger partial charge >= 0.3 is 0 Å². The van der Waals surface area contributed by atoms with Gasteiger partial charge in [0.1, 0.15) is 5.75 Å². The van der Waals surface area contributed by atoms with E-state index in [1.54, 1.807) is 20.4 Å². The van der Waals surface area contributed by atoms with Crippen LogP contribution in [0.1, 0.15) is 25.2 Å². The molecule has 1 aromatic heterocycles. The van der Waals surface area contributed by atoms with Crippen LogP contribution >= 0.6 is 24.8 Å². The Labute approximate surface area is 190 Å². The van der Waals surface area contributed by atoms with Crippen LogP contribution in [0.15, 0.2) is 34.9 Å². The molecule has 30 heavy (non-hydrogen) atoms. The maximum absolute atomic E-state index is 12.3. The highest BCUT2D eigenvalue weighted by Crippen LogP contribution is 2.28. The van der Waals surface area contributed by atoms with Crippen molar-refractivity contribution in [2.75, 3.05) is 40.5 Å². The van der Waals surface area contributed by atoms with Crippen molar-refractivity contribution in [3.8, 4) is 17.1 Å². The molecule has 2 aromatic rings. The highest BCUT2D eigenvalue weighted by molar-refractivity contribution is 5.85. The zero-order chi connectivity index (χ0) is 19.8. The monoisotopic (exact) mass is 459 g/mol. The van der Waals surface area contributed by atoms with E-state index < -0.39 is 0 Å². The second kappa shape index (κ2) is 12.8. The standard InChI is InChI=1S/C21H29N3O4.2ClH/c1-26-15-21(9-11-22-12-10-21)14-24-19(25)7-8-20-23-13-18(28-20)16-3-5-17(27-2)6-4-16;;/h3-6,13,22H,7-12,14-15H2,1-2H3,(H,24,25);2*1H. The molecule has 0 radical (unpaired) electrons. The van der Waals surface area contributed by atoms with Gasteiger partial charge < -0.3 is 24.5 Å². The number of benzene rings is 1. The molecule has 1 saturated heterocycles. The molecule has 0 atom stereocenters. The summed E-state index contributed by atoms with van der Waals surface area (Å²) >= 11 is 0. The van der Waals surface area contributed by atoms with Crippen molar-refractivity contribution in [3.05, 3.63) is 36.4 Å². The molecular formula is C21H31Cl2N3O4. The SMILES string of the molecule is COCC1(CNC(=O)CCc2ncc(-c3ccc(OC)cc3)o2)CCNCC1.Cl.Cl. The second-order valence-electron chi connectivity index (χ2n) is 7.31. The van der Waals surface area contributed by atoms with E-state index >= 15 is 0 Å². The fraction of sp³-hybridized carbons (Fsp3) is 0.524. The van der Waals surface area contributed by atoms with Crippen molar-refractivity contribution in [3.63, 3.8) is 0 Å². The predicted molar refractivity (Wildman–Crippen MR) is 121 cm³/mol. The summed E-state index contributed by atoms with van der Waals surface area (Å²) in [5.41, 5.74) is 0.955. The fourth-order valence-electron chi connectivity index (χ4n) is 3.54. The first-order valence-electron chi connectivity index (χ1n) is 9.70. The number of carbonyl (C=O) groups excluding carboxylic acids is 1. The lowest BCUT2D eigenvalue weighted by molar-refractivity contribution is -0.122. The lowest BCUT2D eigenvalue weighted by atomic mass is 9.79. The number of aryl methyl sites for hydroxylation is 1. The summed E-state index contributed by atoms with van der Waals surface area (Å²) in [5.74, 6) is 2.06. The Bertz CT molecular complexity index is 756. The van der Waals surface area contributed by atoms with Gasteiger partial charge in [-0.2, -0.15) is 0 Å². The first kappa shape index (κ1) is 26.2. The molecule has 0 unspecified atom stereocenters. The van der Waals surface area contributed by atoms with Crippen LogP contribution in [0.2, 0.25) is 0 Å². The zero-order valence-electron chi connectivity index (χ0n) is 17.4. The Morgan fingerprint density at radius 2 is 1.90 bits per heavy atom. The number of hydrogen-bond donors (Lipinski definition) is 2. The number of methoxy groups -OCH3 is 2. The minimum Gasteiger partial charge on any atom is -0.497 e. The van der Waals surface area contributed by atoms with Gasteiger partial charge in [-0.25, -0.2) is 4.98 Å². The van der Waals surface area contributed by atoms with Crippen LogP contribution in [-0.2, 0) is 16.0 Å². The summed E-state index contributed by atoms with van der Waals surface area (Å²) in [6, 6.07) is 7.59. The van der Waals surface area contributed by atoms with E-state index in [4.69, 9.17) is 13.9 Å². The molecule has 3 rings (SSSR count). The number of amides is 1. The Balaban J connectivity index is 0.00000225. The third-order valence-corrected chi connectivity index (χ3v) is 5.27. The molecular weight excluding hydrogens is 429 g/mol. The number of nitrogens with zero attached hydrogens (tertiary/aromatic N) is 1. The second-order valence-corrected chi connectivity index (χ2v) is 7.31.